The highest BCUT2D eigenvalue weighted by atomic mass is 16.5. The molecule has 3 nitrogen and oxygen atoms in total. The zero-order valence-corrected chi connectivity index (χ0v) is 12.5. The van der Waals surface area contributed by atoms with Gasteiger partial charge in [0.1, 0.15) is 11.5 Å². The van der Waals surface area contributed by atoms with E-state index in [0.717, 1.165) is 17.7 Å². The van der Waals surface area contributed by atoms with Crippen LogP contribution in [-0.2, 0) is 6.42 Å². The minimum Gasteiger partial charge on any atom is -0.496 e. The Morgan fingerprint density at radius 2 is 1.67 bits per heavy atom. The Labute approximate surface area is 125 Å². The number of carbonyl (C=O) groups excluding carboxylic acids is 1. The Morgan fingerprint density at radius 3 is 2.38 bits per heavy atom. The van der Waals surface area contributed by atoms with E-state index < -0.39 is 0 Å². The molecule has 0 aromatic heterocycles. The molecule has 0 fully saturated rings. The Kier molecular flexibility index (Phi) is 5.38. The molecule has 3 heteroatoms. The first-order valence-electron chi connectivity index (χ1n) is 7.13. The van der Waals surface area contributed by atoms with Crippen molar-refractivity contribution in [3.05, 3.63) is 59.7 Å². The summed E-state index contributed by atoms with van der Waals surface area (Å²) in [6.07, 6.45) is 1.21. The van der Waals surface area contributed by atoms with E-state index in [1.54, 1.807) is 7.11 Å². The lowest BCUT2D eigenvalue weighted by Crippen LogP contribution is -2.08. The molecule has 0 atom stereocenters. The highest BCUT2D eigenvalue weighted by molar-refractivity contribution is 6.00. The van der Waals surface area contributed by atoms with Gasteiger partial charge in [-0.1, -0.05) is 37.3 Å². The number of ketones is 1. The number of carbonyl (C=O) groups is 1. The molecule has 0 radical (unpaired) electrons. The van der Waals surface area contributed by atoms with Gasteiger partial charge in [0.05, 0.1) is 19.3 Å². The van der Waals surface area contributed by atoms with Crippen LogP contribution in [0.25, 0.3) is 0 Å². The van der Waals surface area contributed by atoms with Crippen LogP contribution < -0.4 is 9.47 Å². The lowest BCUT2D eigenvalue weighted by atomic mass is 10.0. The van der Waals surface area contributed by atoms with Gasteiger partial charge < -0.3 is 9.47 Å². The summed E-state index contributed by atoms with van der Waals surface area (Å²) in [5, 5.41) is 0. The molecule has 0 heterocycles. The first-order valence-corrected chi connectivity index (χ1v) is 7.13. The van der Waals surface area contributed by atoms with Crippen LogP contribution in [0.15, 0.2) is 48.5 Å². The van der Waals surface area contributed by atoms with Crippen LogP contribution in [0.5, 0.6) is 11.5 Å². The monoisotopic (exact) mass is 284 g/mol. The SMILES string of the molecule is CCCOc1ccccc1C(=O)Cc1ccccc1OC. The number of rotatable bonds is 7. The molecular formula is C18H20O3. The molecule has 2 rings (SSSR count). The molecule has 2 aromatic rings. The van der Waals surface area contributed by atoms with Gasteiger partial charge in [0.25, 0.3) is 0 Å². The third-order valence-corrected chi connectivity index (χ3v) is 3.19. The van der Waals surface area contributed by atoms with E-state index in [1.165, 1.54) is 0 Å². The van der Waals surface area contributed by atoms with Crippen molar-refractivity contribution in [2.45, 2.75) is 19.8 Å². The molecule has 2 aromatic carbocycles. The fourth-order valence-corrected chi connectivity index (χ4v) is 2.15. The predicted molar refractivity (Wildman–Crippen MR) is 83.3 cm³/mol. The minimum absolute atomic E-state index is 0.0335. The molecule has 0 bridgehead atoms. The molecule has 0 aliphatic heterocycles. The highest BCUT2D eigenvalue weighted by Crippen LogP contribution is 2.23. The summed E-state index contributed by atoms with van der Waals surface area (Å²) in [6, 6.07) is 15.0. The summed E-state index contributed by atoms with van der Waals surface area (Å²) in [6.45, 7) is 2.65. The lowest BCUT2D eigenvalue weighted by Gasteiger charge is -2.11. The van der Waals surface area contributed by atoms with Crippen molar-refractivity contribution in [2.24, 2.45) is 0 Å². The van der Waals surface area contributed by atoms with E-state index in [-0.39, 0.29) is 5.78 Å². The van der Waals surface area contributed by atoms with Gasteiger partial charge in [-0.3, -0.25) is 4.79 Å². The number of ether oxygens (including phenoxy) is 2. The largest absolute Gasteiger partial charge is 0.496 e. The lowest BCUT2D eigenvalue weighted by molar-refractivity contribution is 0.0988. The number of hydrogen-bond acceptors (Lipinski definition) is 3. The molecule has 110 valence electrons. The standard InChI is InChI=1S/C18H20O3/c1-3-12-21-18-11-7-5-9-15(18)16(19)13-14-8-4-6-10-17(14)20-2/h4-11H,3,12-13H2,1-2H3. The Bertz CT molecular complexity index is 605. The summed E-state index contributed by atoms with van der Waals surface area (Å²) >= 11 is 0. The van der Waals surface area contributed by atoms with Gasteiger partial charge in [0.15, 0.2) is 5.78 Å². The van der Waals surface area contributed by atoms with Crippen LogP contribution in [0.4, 0.5) is 0 Å². The molecule has 0 amide bonds. The van der Waals surface area contributed by atoms with Crippen LogP contribution in [0.3, 0.4) is 0 Å². The number of Topliss-reactive ketones (excluding diaryl/α,β-unsaturated/α-hetero) is 1. The number of benzene rings is 2. The van der Waals surface area contributed by atoms with Gasteiger partial charge >= 0.3 is 0 Å². The molecule has 0 spiro atoms. The molecule has 0 aliphatic rings. The van der Waals surface area contributed by atoms with Gasteiger partial charge in [-0.05, 0) is 24.6 Å². The van der Waals surface area contributed by atoms with E-state index in [2.05, 4.69) is 0 Å². The molecule has 0 aliphatic carbocycles. The number of methoxy groups -OCH3 is 1. The smallest absolute Gasteiger partial charge is 0.171 e. The molecular weight excluding hydrogens is 264 g/mol. The first kappa shape index (κ1) is 15.1. The van der Waals surface area contributed by atoms with Crippen LogP contribution in [-0.4, -0.2) is 19.5 Å². The maximum atomic E-state index is 12.5. The van der Waals surface area contributed by atoms with Gasteiger partial charge in [-0.2, -0.15) is 0 Å². The third kappa shape index (κ3) is 3.85. The third-order valence-electron chi connectivity index (χ3n) is 3.19. The van der Waals surface area contributed by atoms with E-state index in [1.807, 2.05) is 55.5 Å². The Hall–Kier alpha value is -2.29. The molecule has 0 N–H and O–H groups in total. The van der Waals surface area contributed by atoms with Crippen molar-refractivity contribution < 1.29 is 14.3 Å². The summed E-state index contributed by atoms with van der Waals surface area (Å²) in [5.74, 6) is 1.42. The molecule has 0 saturated carbocycles. The number of hydrogen-bond donors (Lipinski definition) is 0. The fourth-order valence-electron chi connectivity index (χ4n) is 2.15. The van der Waals surface area contributed by atoms with Crippen LogP contribution in [0.1, 0.15) is 29.3 Å². The van der Waals surface area contributed by atoms with Crippen molar-refractivity contribution in [2.75, 3.05) is 13.7 Å². The fraction of sp³-hybridized carbons (Fsp3) is 0.278. The molecule has 21 heavy (non-hydrogen) atoms. The Balaban J connectivity index is 2.20. The predicted octanol–water partition coefficient (Wildman–Crippen LogP) is 3.91. The van der Waals surface area contributed by atoms with Crippen LogP contribution in [0.2, 0.25) is 0 Å². The second-order valence-electron chi connectivity index (χ2n) is 4.76. The zero-order valence-electron chi connectivity index (χ0n) is 12.5. The molecule has 0 saturated heterocycles. The summed E-state index contributed by atoms with van der Waals surface area (Å²) in [7, 11) is 1.61. The Morgan fingerprint density at radius 1 is 1.00 bits per heavy atom. The van der Waals surface area contributed by atoms with Crippen molar-refractivity contribution in [1.82, 2.24) is 0 Å². The first-order chi connectivity index (χ1) is 10.3. The average Bonchev–Trinajstić information content (AvgIpc) is 2.53. The molecule has 0 unspecified atom stereocenters. The van der Waals surface area contributed by atoms with Crippen molar-refractivity contribution in [3.8, 4) is 11.5 Å². The van der Waals surface area contributed by atoms with Crippen molar-refractivity contribution >= 4 is 5.78 Å². The van der Waals surface area contributed by atoms with Gasteiger partial charge in [-0.25, -0.2) is 0 Å². The minimum atomic E-state index is 0.0335. The maximum Gasteiger partial charge on any atom is 0.171 e. The van der Waals surface area contributed by atoms with Crippen molar-refractivity contribution in [1.29, 1.82) is 0 Å². The summed E-state index contributed by atoms with van der Waals surface area (Å²) in [4.78, 5) is 12.5. The van der Waals surface area contributed by atoms with Crippen LogP contribution in [0, 0.1) is 0 Å². The van der Waals surface area contributed by atoms with Crippen molar-refractivity contribution in [3.63, 3.8) is 0 Å². The normalized spacial score (nSPS) is 10.2. The van der Waals surface area contributed by atoms with E-state index in [4.69, 9.17) is 9.47 Å². The summed E-state index contributed by atoms with van der Waals surface area (Å²) in [5.41, 5.74) is 1.51. The second kappa shape index (κ2) is 7.48. The van der Waals surface area contributed by atoms with Gasteiger partial charge in [-0.15, -0.1) is 0 Å². The zero-order chi connectivity index (χ0) is 15.1. The van der Waals surface area contributed by atoms with E-state index in [0.29, 0.717) is 24.3 Å². The van der Waals surface area contributed by atoms with Gasteiger partial charge in [0, 0.05) is 12.0 Å². The van der Waals surface area contributed by atoms with E-state index in [9.17, 15) is 4.79 Å². The second-order valence-corrected chi connectivity index (χ2v) is 4.76. The maximum absolute atomic E-state index is 12.5. The average molecular weight is 284 g/mol. The van der Waals surface area contributed by atoms with E-state index >= 15 is 0 Å². The topological polar surface area (TPSA) is 35.5 Å². The van der Waals surface area contributed by atoms with Gasteiger partial charge in [0.2, 0.25) is 0 Å². The van der Waals surface area contributed by atoms with Crippen LogP contribution >= 0.6 is 0 Å². The number of para-hydroxylation sites is 2. The highest BCUT2D eigenvalue weighted by Gasteiger charge is 2.14. The quantitative estimate of drug-likeness (QED) is 0.723. The summed E-state index contributed by atoms with van der Waals surface area (Å²) < 4.78 is 10.9.